The summed E-state index contributed by atoms with van der Waals surface area (Å²) < 4.78 is 3.77. The highest BCUT2D eigenvalue weighted by Crippen LogP contribution is 2.26. The molecule has 0 N–H and O–H groups in total. The Bertz CT molecular complexity index is 574. The normalized spacial score (nSPS) is 10.8. The van der Waals surface area contributed by atoms with Crippen molar-refractivity contribution < 1.29 is 4.92 Å². The van der Waals surface area contributed by atoms with Gasteiger partial charge in [0, 0.05) is 12.7 Å². The summed E-state index contributed by atoms with van der Waals surface area (Å²) in [6.45, 7) is 4.03. The molecule has 0 fully saturated rings. The lowest BCUT2D eigenvalue weighted by atomic mass is 10.4. The third-order valence-electron chi connectivity index (χ3n) is 2.32. The van der Waals surface area contributed by atoms with E-state index in [1.54, 1.807) is 24.0 Å². The molecule has 0 amide bonds. The minimum atomic E-state index is -0.431. The van der Waals surface area contributed by atoms with Gasteiger partial charge in [0.15, 0.2) is 0 Å². The Kier molecular flexibility index (Phi) is 2.97. The first kappa shape index (κ1) is 11.8. The number of aromatic nitrogens is 4. The first-order valence-electron chi connectivity index (χ1n) is 4.97. The molecule has 0 aliphatic heterocycles. The predicted molar refractivity (Wildman–Crippen MR) is 64.1 cm³/mol. The summed E-state index contributed by atoms with van der Waals surface area (Å²) in [5, 5.41) is 19.2. The van der Waals surface area contributed by atoms with Crippen LogP contribution in [-0.2, 0) is 6.54 Å². The maximum Gasteiger partial charge on any atom is 0.336 e. The third kappa shape index (κ3) is 1.95. The number of hydrogen-bond donors (Lipinski definition) is 0. The van der Waals surface area contributed by atoms with E-state index in [1.165, 1.54) is 4.68 Å². The van der Waals surface area contributed by atoms with E-state index in [1.807, 2.05) is 6.92 Å². The van der Waals surface area contributed by atoms with Crippen LogP contribution in [0.1, 0.15) is 12.6 Å². The molecule has 7 nitrogen and oxygen atoms in total. The highest BCUT2D eigenvalue weighted by Gasteiger charge is 2.26. The van der Waals surface area contributed by atoms with Crippen molar-refractivity contribution in [2.75, 3.05) is 0 Å². The fourth-order valence-corrected chi connectivity index (χ4v) is 1.92. The number of halogens is 1. The van der Waals surface area contributed by atoms with Crippen LogP contribution in [0.3, 0.4) is 0 Å². The van der Waals surface area contributed by atoms with Crippen LogP contribution in [0.4, 0.5) is 5.69 Å². The Morgan fingerprint density at radius 1 is 1.59 bits per heavy atom. The van der Waals surface area contributed by atoms with Gasteiger partial charge in [-0.05, 0) is 29.8 Å². The summed E-state index contributed by atoms with van der Waals surface area (Å²) >= 11 is 3.26. The first-order chi connectivity index (χ1) is 8.04. The topological polar surface area (TPSA) is 78.8 Å². The lowest BCUT2D eigenvalue weighted by molar-refractivity contribution is -0.385. The Balaban J connectivity index is 2.69. The average molecular weight is 300 g/mol. The second kappa shape index (κ2) is 4.28. The highest BCUT2D eigenvalue weighted by molar-refractivity contribution is 9.10. The van der Waals surface area contributed by atoms with Gasteiger partial charge in [-0.15, -0.1) is 0 Å². The van der Waals surface area contributed by atoms with Crippen molar-refractivity contribution in [3.8, 4) is 5.82 Å². The molecule has 0 aliphatic carbocycles. The van der Waals surface area contributed by atoms with Gasteiger partial charge in [0.25, 0.3) is 0 Å². The van der Waals surface area contributed by atoms with Crippen LogP contribution in [-0.4, -0.2) is 24.5 Å². The SMILES string of the molecule is CCn1nc(C)c([N+](=O)[O-])c1-n1cc(Br)cn1. The molecule has 0 saturated carbocycles. The fourth-order valence-electron chi connectivity index (χ4n) is 1.64. The molecule has 0 spiro atoms. The number of aryl methyl sites for hydroxylation is 2. The zero-order valence-corrected chi connectivity index (χ0v) is 10.9. The molecule has 2 rings (SSSR count). The zero-order chi connectivity index (χ0) is 12.6. The summed E-state index contributed by atoms with van der Waals surface area (Å²) in [5.41, 5.74) is 0.376. The standard InChI is InChI=1S/C9H10BrN5O2/c1-3-13-9(14-5-7(10)4-11-14)8(15(16)17)6(2)12-13/h4-5H,3H2,1-2H3. The van der Waals surface area contributed by atoms with Crippen molar-refractivity contribution >= 4 is 21.6 Å². The minimum absolute atomic E-state index is 0.0116. The Hall–Kier alpha value is -1.70. The Morgan fingerprint density at radius 2 is 2.29 bits per heavy atom. The molecule has 2 heterocycles. The molecule has 2 aromatic rings. The lowest BCUT2D eigenvalue weighted by Crippen LogP contribution is -2.08. The van der Waals surface area contributed by atoms with Crippen LogP contribution in [0.15, 0.2) is 16.9 Å². The van der Waals surface area contributed by atoms with Gasteiger partial charge in [-0.2, -0.15) is 10.2 Å². The van der Waals surface area contributed by atoms with Crippen LogP contribution in [0, 0.1) is 17.0 Å². The minimum Gasteiger partial charge on any atom is -0.258 e. The Labute approximate surface area is 105 Å². The number of nitrogens with zero attached hydrogens (tertiary/aromatic N) is 5. The molecule has 2 aromatic heterocycles. The van der Waals surface area contributed by atoms with Gasteiger partial charge in [-0.25, -0.2) is 9.36 Å². The van der Waals surface area contributed by atoms with Gasteiger partial charge in [0.05, 0.1) is 15.6 Å². The smallest absolute Gasteiger partial charge is 0.258 e. The molecule has 0 aliphatic rings. The average Bonchev–Trinajstić information content (AvgIpc) is 2.81. The maximum atomic E-state index is 11.1. The molecule has 0 saturated heterocycles. The monoisotopic (exact) mass is 299 g/mol. The van der Waals surface area contributed by atoms with Crippen molar-refractivity contribution in [3.63, 3.8) is 0 Å². The van der Waals surface area contributed by atoms with Crippen molar-refractivity contribution in [2.45, 2.75) is 20.4 Å². The van der Waals surface area contributed by atoms with Crippen LogP contribution in [0.2, 0.25) is 0 Å². The van der Waals surface area contributed by atoms with Crippen molar-refractivity contribution in [2.24, 2.45) is 0 Å². The quantitative estimate of drug-likeness (QED) is 0.642. The van der Waals surface area contributed by atoms with E-state index in [9.17, 15) is 10.1 Å². The van der Waals surface area contributed by atoms with Crippen LogP contribution < -0.4 is 0 Å². The lowest BCUT2D eigenvalue weighted by Gasteiger charge is -2.02. The summed E-state index contributed by atoms with van der Waals surface area (Å²) in [6, 6.07) is 0. The molecule has 8 heteroatoms. The summed E-state index contributed by atoms with van der Waals surface area (Å²) in [7, 11) is 0. The van der Waals surface area contributed by atoms with Crippen LogP contribution in [0.5, 0.6) is 0 Å². The zero-order valence-electron chi connectivity index (χ0n) is 9.29. The summed E-state index contributed by atoms with van der Waals surface area (Å²) in [6.07, 6.45) is 3.24. The van der Waals surface area contributed by atoms with Crippen LogP contribution >= 0.6 is 15.9 Å². The van der Waals surface area contributed by atoms with Gasteiger partial charge in [-0.3, -0.25) is 10.1 Å². The van der Waals surface area contributed by atoms with Crippen LogP contribution in [0.25, 0.3) is 5.82 Å². The second-order valence-electron chi connectivity index (χ2n) is 3.43. The molecule has 17 heavy (non-hydrogen) atoms. The van der Waals surface area contributed by atoms with Gasteiger partial charge >= 0.3 is 5.69 Å². The molecule has 0 atom stereocenters. The van der Waals surface area contributed by atoms with Gasteiger partial charge in [0.1, 0.15) is 5.69 Å². The maximum absolute atomic E-state index is 11.1. The molecule has 0 bridgehead atoms. The molecule has 90 valence electrons. The predicted octanol–water partition coefficient (Wildman–Crippen LogP) is 2.07. The van der Waals surface area contributed by atoms with Gasteiger partial charge in [-0.1, -0.05) is 0 Å². The van der Waals surface area contributed by atoms with Gasteiger partial charge < -0.3 is 0 Å². The van der Waals surface area contributed by atoms with E-state index in [-0.39, 0.29) is 5.69 Å². The van der Waals surface area contributed by atoms with E-state index >= 15 is 0 Å². The van der Waals surface area contributed by atoms with E-state index < -0.39 is 4.92 Å². The molecule has 0 unspecified atom stereocenters. The van der Waals surface area contributed by atoms with E-state index in [0.717, 1.165) is 4.47 Å². The fraction of sp³-hybridized carbons (Fsp3) is 0.333. The van der Waals surface area contributed by atoms with E-state index in [0.29, 0.717) is 18.1 Å². The Morgan fingerprint density at radius 3 is 2.76 bits per heavy atom. The van der Waals surface area contributed by atoms with Gasteiger partial charge in [0.2, 0.25) is 5.82 Å². The molecular formula is C9H10BrN5O2. The van der Waals surface area contributed by atoms with E-state index in [4.69, 9.17) is 0 Å². The molecular weight excluding hydrogens is 290 g/mol. The third-order valence-corrected chi connectivity index (χ3v) is 2.73. The van der Waals surface area contributed by atoms with Crippen molar-refractivity contribution in [1.29, 1.82) is 0 Å². The number of hydrogen-bond acceptors (Lipinski definition) is 4. The molecule has 0 radical (unpaired) electrons. The number of nitro groups is 1. The summed E-state index contributed by atoms with van der Waals surface area (Å²) in [5.74, 6) is 0.376. The second-order valence-corrected chi connectivity index (χ2v) is 4.35. The van der Waals surface area contributed by atoms with Crippen molar-refractivity contribution in [1.82, 2.24) is 19.6 Å². The molecule has 0 aromatic carbocycles. The first-order valence-corrected chi connectivity index (χ1v) is 5.76. The largest absolute Gasteiger partial charge is 0.336 e. The highest BCUT2D eigenvalue weighted by atomic mass is 79.9. The van der Waals surface area contributed by atoms with E-state index in [2.05, 4.69) is 26.1 Å². The summed E-state index contributed by atoms with van der Waals surface area (Å²) in [4.78, 5) is 10.6. The van der Waals surface area contributed by atoms with Crippen molar-refractivity contribution in [3.05, 3.63) is 32.7 Å². The number of rotatable bonds is 3.